The molecule has 2 rings (SSSR count). The standard InChI is InChI=1S/C12H19N5O2/c1-9(16-6-2-3-7-16)8-14-11-5-4-10(17(18)19)12(13)15-11/h4-5,9H,2-3,6-8H2,1H3,(H3,13,14,15). The summed E-state index contributed by atoms with van der Waals surface area (Å²) >= 11 is 0. The lowest BCUT2D eigenvalue weighted by Gasteiger charge is -2.24. The molecular formula is C12H19N5O2. The summed E-state index contributed by atoms with van der Waals surface area (Å²) in [6.07, 6.45) is 2.51. The van der Waals surface area contributed by atoms with Crippen LogP contribution >= 0.6 is 0 Å². The molecule has 19 heavy (non-hydrogen) atoms. The van der Waals surface area contributed by atoms with E-state index in [4.69, 9.17) is 5.73 Å². The van der Waals surface area contributed by atoms with E-state index in [-0.39, 0.29) is 11.5 Å². The maximum absolute atomic E-state index is 10.6. The Bertz CT molecular complexity index is 459. The van der Waals surface area contributed by atoms with Crippen LogP contribution < -0.4 is 11.1 Å². The number of pyridine rings is 1. The molecule has 1 saturated heterocycles. The normalized spacial score (nSPS) is 17.3. The molecular weight excluding hydrogens is 246 g/mol. The first-order valence-electron chi connectivity index (χ1n) is 6.47. The summed E-state index contributed by atoms with van der Waals surface area (Å²) < 4.78 is 0. The fourth-order valence-electron chi connectivity index (χ4n) is 2.28. The van der Waals surface area contributed by atoms with Crippen LogP contribution in [-0.2, 0) is 0 Å². The molecule has 0 bridgehead atoms. The number of likely N-dealkylation sites (tertiary alicyclic amines) is 1. The Labute approximate surface area is 112 Å². The van der Waals surface area contributed by atoms with E-state index in [2.05, 4.69) is 22.1 Å². The lowest BCUT2D eigenvalue weighted by atomic mass is 10.3. The van der Waals surface area contributed by atoms with Gasteiger partial charge in [-0.25, -0.2) is 4.98 Å². The van der Waals surface area contributed by atoms with Gasteiger partial charge < -0.3 is 11.1 Å². The second-order valence-corrected chi connectivity index (χ2v) is 4.83. The van der Waals surface area contributed by atoms with Gasteiger partial charge in [0.1, 0.15) is 5.82 Å². The molecule has 7 nitrogen and oxygen atoms in total. The summed E-state index contributed by atoms with van der Waals surface area (Å²) in [4.78, 5) is 16.5. The zero-order valence-corrected chi connectivity index (χ0v) is 11.0. The topological polar surface area (TPSA) is 97.3 Å². The lowest BCUT2D eigenvalue weighted by molar-refractivity contribution is -0.384. The molecule has 1 aliphatic heterocycles. The van der Waals surface area contributed by atoms with Gasteiger partial charge >= 0.3 is 5.69 Å². The van der Waals surface area contributed by atoms with Crippen LogP contribution in [0.4, 0.5) is 17.3 Å². The van der Waals surface area contributed by atoms with Crippen LogP contribution in [0, 0.1) is 10.1 Å². The zero-order valence-electron chi connectivity index (χ0n) is 11.0. The van der Waals surface area contributed by atoms with E-state index >= 15 is 0 Å². The SMILES string of the molecule is CC(CNc1ccc([N+](=O)[O-])c(N)n1)N1CCCC1. The second kappa shape index (κ2) is 5.83. The number of hydrogen-bond donors (Lipinski definition) is 2. The Morgan fingerprint density at radius 3 is 2.79 bits per heavy atom. The average Bonchev–Trinajstić information content (AvgIpc) is 2.89. The Balaban J connectivity index is 1.92. The monoisotopic (exact) mass is 265 g/mol. The highest BCUT2D eigenvalue weighted by molar-refractivity contribution is 5.57. The van der Waals surface area contributed by atoms with Gasteiger partial charge in [-0.1, -0.05) is 0 Å². The van der Waals surface area contributed by atoms with E-state index in [0.717, 1.165) is 19.6 Å². The minimum Gasteiger partial charge on any atom is -0.378 e. The largest absolute Gasteiger partial charge is 0.378 e. The fourth-order valence-corrected chi connectivity index (χ4v) is 2.28. The molecule has 0 radical (unpaired) electrons. The number of rotatable bonds is 5. The van der Waals surface area contributed by atoms with Crippen molar-refractivity contribution in [3.8, 4) is 0 Å². The highest BCUT2D eigenvalue weighted by Crippen LogP contribution is 2.21. The van der Waals surface area contributed by atoms with Crippen LogP contribution in [0.15, 0.2) is 12.1 Å². The number of anilines is 2. The van der Waals surface area contributed by atoms with Crippen LogP contribution in [-0.4, -0.2) is 40.5 Å². The number of nitrogens with two attached hydrogens (primary N) is 1. The van der Waals surface area contributed by atoms with Crippen LogP contribution in [0.1, 0.15) is 19.8 Å². The van der Waals surface area contributed by atoms with E-state index in [1.54, 1.807) is 6.07 Å². The number of nitrogens with zero attached hydrogens (tertiary/aromatic N) is 3. The highest BCUT2D eigenvalue weighted by Gasteiger charge is 2.18. The first-order valence-corrected chi connectivity index (χ1v) is 6.47. The van der Waals surface area contributed by atoms with Crippen molar-refractivity contribution in [2.24, 2.45) is 0 Å². The van der Waals surface area contributed by atoms with Crippen molar-refractivity contribution in [2.45, 2.75) is 25.8 Å². The Kier molecular flexibility index (Phi) is 4.16. The Morgan fingerprint density at radius 2 is 2.21 bits per heavy atom. The predicted molar refractivity (Wildman–Crippen MR) is 74.1 cm³/mol. The van der Waals surface area contributed by atoms with Crippen LogP contribution in [0.25, 0.3) is 0 Å². The Morgan fingerprint density at radius 1 is 1.53 bits per heavy atom. The molecule has 0 aliphatic carbocycles. The molecule has 7 heteroatoms. The predicted octanol–water partition coefficient (Wildman–Crippen LogP) is 1.47. The van der Waals surface area contributed by atoms with E-state index in [1.165, 1.54) is 18.9 Å². The van der Waals surface area contributed by atoms with Crippen molar-refractivity contribution in [3.05, 3.63) is 22.2 Å². The summed E-state index contributed by atoms with van der Waals surface area (Å²) in [5.74, 6) is 0.526. The first-order chi connectivity index (χ1) is 9.08. The van der Waals surface area contributed by atoms with Crippen molar-refractivity contribution in [1.29, 1.82) is 0 Å². The van der Waals surface area contributed by atoms with E-state index in [1.807, 2.05) is 0 Å². The first kappa shape index (κ1) is 13.5. The molecule has 3 N–H and O–H groups in total. The van der Waals surface area contributed by atoms with Gasteiger partial charge in [-0.2, -0.15) is 0 Å². The zero-order chi connectivity index (χ0) is 13.8. The van der Waals surface area contributed by atoms with Gasteiger partial charge in [-0.05, 0) is 38.9 Å². The highest BCUT2D eigenvalue weighted by atomic mass is 16.6. The maximum Gasteiger partial charge on any atom is 0.311 e. The minimum atomic E-state index is -0.529. The van der Waals surface area contributed by atoms with Gasteiger partial charge in [0.15, 0.2) is 0 Å². The van der Waals surface area contributed by atoms with Gasteiger partial charge in [0, 0.05) is 18.7 Å². The van der Waals surface area contributed by atoms with Crippen molar-refractivity contribution < 1.29 is 4.92 Å². The van der Waals surface area contributed by atoms with E-state index in [0.29, 0.717) is 11.9 Å². The van der Waals surface area contributed by atoms with Gasteiger partial charge in [0.05, 0.1) is 4.92 Å². The Hall–Kier alpha value is -1.89. The molecule has 1 aliphatic rings. The van der Waals surface area contributed by atoms with Crippen molar-refractivity contribution in [2.75, 3.05) is 30.7 Å². The maximum atomic E-state index is 10.6. The number of nitrogen functional groups attached to an aromatic ring is 1. The smallest absolute Gasteiger partial charge is 0.311 e. The molecule has 1 unspecified atom stereocenters. The lowest BCUT2D eigenvalue weighted by Crippen LogP contribution is -2.35. The summed E-state index contributed by atoms with van der Waals surface area (Å²) in [5, 5.41) is 13.8. The minimum absolute atomic E-state index is 0.0520. The quantitative estimate of drug-likeness (QED) is 0.618. The van der Waals surface area contributed by atoms with Crippen LogP contribution in [0.2, 0.25) is 0 Å². The van der Waals surface area contributed by atoms with Crippen molar-refractivity contribution in [1.82, 2.24) is 9.88 Å². The molecule has 0 spiro atoms. The fraction of sp³-hybridized carbons (Fsp3) is 0.583. The van der Waals surface area contributed by atoms with Crippen LogP contribution in [0.3, 0.4) is 0 Å². The number of nitrogens with one attached hydrogen (secondary N) is 1. The van der Waals surface area contributed by atoms with Gasteiger partial charge in [0.25, 0.3) is 0 Å². The number of aromatic nitrogens is 1. The number of nitro groups is 1. The molecule has 0 amide bonds. The average molecular weight is 265 g/mol. The van der Waals surface area contributed by atoms with E-state index in [9.17, 15) is 10.1 Å². The molecule has 104 valence electrons. The molecule has 0 saturated carbocycles. The van der Waals surface area contributed by atoms with Crippen LogP contribution in [0.5, 0.6) is 0 Å². The van der Waals surface area contributed by atoms with Crippen molar-refractivity contribution >= 4 is 17.3 Å². The number of hydrogen-bond acceptors (Lipinski definition) is 6. The molecule has 2 heterocycles. The summed E-state index contributed by atoms with van der Waals surface area (Å²) in [6.45, 7) is 5.19. The van der Waals surface area contributed by atoms with Gasteiger partial charge in [-0.3, -0.25) is 15.0 Å². The molecule has 1 aromatic rings. The molecule has 1 fully saturated rings. The summed E-state index contributed by atoms with van der Waals surface area (Å²) in [6, 6.07) is 3.39. The third-order valence-corrected chi connectivity index (χ3v) is 3.44. The third-order valence-electron chi connectivity index (χ3n) is 3.44. The summed E-state index contributed by atoms with van der Waals surface area (Å²) in [7, 11) is 0. The summed E-state index contributed by atoms with van der Waals surface area (Å²) in [5.41, 5.74) is 5.39. The second-order valence-electron chi connectivity index (χ2n) is 4.83. The molecule has 1 aromatic heterocycles. The molecule has 1 atom stereocenters. The van der Waals surface area contributed by atoms with Gasteiger partial charge in [-0.15, -0.1) is 0 Å². The molecule has 0 aromatic carbocycles. The van der Waals surface area contributed by atoms with E-state index < -0.39 is 4.92 Å². The van der Waals surface area contributed by atoms with Gasteiger partial charge in [0.2, 0.25) is 5.82 Å². The van der Waals surface area contributed by atoms with Crippen molar-refractivity contribution in [3.63, 3.8) is 0 Å². The third kappa shape index (κ3) is 3.31.